The second kappa shape index (κ2) is 7.74. The van der Waals surface area contributed by atoms with Crippen LogP contribution in [0.1, 0.15) is 23.7 Å². The Balaban J connectivity index is 1.76. The number of aliphatic carboxylic acids is 1. The molecule has 3 aromatic rings. The van der Waals surface area contributed by atoms with E-state index in [0.717, 1.165) is 16.5 Å². The second-order valence-electron chi connectivity index (χ2n) is 6.04. The van der Waals surface area contributed by atoms with Crippen molar-refractivity contribution in [3.05, 3.63) is 71.9 Å². The number of fused-ring (bicyclic) bond motifs is 1. The third-order valence-corrected chi connectivity index (χ3v) is 4.23. The van der Waals surface area contributed by atoms with Crippen LogP contribution in [-0.4, -0.2) is 21.7 Å². The number of aryl methyl sites for hydroxylation is 1. The minimum absolute atomic E-state index is 0.127. The Morgan fingerprint density at radius 1 is 1.12 bits per heavy atom. The van der Waals surface area contributed by atoms with Crippen LogP contribution in [0.4, 0.5) is 4.79 Å². The molecular weight excluding hydrogens is 332 g/mol. The Morgan fingerprint density at radius 3 is 2.50 bits per heavy atom. The molecule has 1 atom stereocenters. The largest absolute Gasteiger partial charge is 0.481 e. The molecule has 0 bridgehead atoms. The summed E-state index contributed by atoms with van der Waals surface area (Å²) in [5.41, 5.74) is 2.55. The maximum Gasteiger partial charge on any atom is 0.408 e. The Hall–Kier alpha value is -3.28. The van der Waals surface area contributed by atoms with E-state index in [1.54, 1.807) is 0 Å². The van der Waals surface area contributed by atoms with Gasteiger partial charge < -0.3 is 19.7 Å². The molecule has 134 valence electrons. The van der Waals surface area contributed by atoms with Gasteiger partial charge >= 0.3 is 12.1 Å². The fraction of sp³-hybridized carbons (Fsp3) is 0.200. The molecule has 0 spiro atoms. The smallest absolute Gasteiger partial charge is 0.408 e. The third kappa shape index (κ3) is 4.03. The van der Waals surface area contributed by atoms with Gasteiger partial charge in [0.15, 0.2) is 0 Å². The van der Waals surface area contributed by atoms with E-state index in [1.807, 2.05) is 72.3 Å². The highest BCUT2D eigenvalue weighted by molar-refractivity contribution is 5.82. The highest BCUT2D eigenvalue weighted by Gasteiger charge is 2.22. The molecule has 1 unspecified atom stereocenters. The number of rotatable bonds is 6. The van der Waals surface area contributed by atoms with Crippen molar-refractivity contribution in [2.45, 2.75) is 19.1 Å². The standard InChI is InChI=1S/C20H20N2O4/c1-22-17-10-6-5-9-15(17)11-18(22)16(12-19(23)24)21-20(25)26-13-14-7-3-2-4-8-14/h2-11,16H,12-13H2,1H3,(H,21,25)(H,23,24). The SMILES string of the molecule is Cn1c(C(CC(=O)O)NC(=O)OCc2ccccc2)cc2ccccc21. The molecule has 1 heterocycles. The Kier molecular flexibility index (Phi) is 5.22. The number of para-hydroxylation sites is 1. The van der Waals surface area contributed by atoms with E-state index in [1.165, 1.54) is 0 Å². The lowest BCUT2D eigenvalue weighted by Gasteiger charge is -2.18. The summed E-state index contributed by atoms with van der Waals surface area (Å²) in [5.74, 6) is -0.997. The highest BCUT2D eigenvalue weighted by Crippen LogP contribution is 2.25. The lowest BCUT2D eigenvalue weighted by atomic mass is 10.1. The van der Waals surface area contributed by atoms with Crippen LogP contribution in [0.25, 0.3) is 10.9 Å². The van der Waals surface area contributed by atoms with Crippen LogP contribution in [0.5, 0.6) is 0 Å². The summed E-state index contributed by atoms with van der Waals surface area (Å²) in [5, 5.41) is 12.9. The van der Waals surface area contributed by atoms with E-state index in [0.29, 0.717) is 5.69 Å². The van der Waals surface area contributed by atoms with Gasteiger partial charge in [-0.2, -0.15) is 0 Å². The van der Waals surface area contributed by atoms with Crippen LogP contribution in [-0.2, 0) is 23.2 Å². The van der Waals surface area contributed by atoms with Crippen LogP contribution in [0, 0.1) is 0 Å². The van der Waals surface area contributed by atoms with Gasteiger partial charge in [-0.15, -0.1) is 0 Å². The van der Waals surface area contributed by atoms with E-state index < -0.39 is 18.1 Å². The van der Waals surface area contributed by atoms with Crippen molar-refractivity contribution in [1.29, 1.82) is 0 Å². The number of amides is 1. The zero-order chi connectivity index (χ0) is 18.5. The molecule has 0 saturated carbocycles. The lowest BCUT2D eigenvalue weighted by Crippen LogP contribution is -2.31. The molecule has 1 amide bonds. The fourth-order valence-electron chi connectivity index (χ4n) is 2.96. The first-order valence-corrected chi connectivity index (χ1v) is 8.28. The monoisotopic (exact) mass is 352 g/mol. The van der Waals surface area contributed by atoms with E-state index in [-0.39, 0.29) is 13.0 Å². The molecule has 2 aromatic carbocycles. The molecule has 0 radical (unpaired) electrons. The van der Waals surface area contributed by atoms with Crippen molar-refractivity contribution in [2.75, 3.05) is 0 Å². The first kappa shape index (κ1) is 17.5. The number of carboxylic acid groups (broad SMARTS) is 1. The number of alkyl carbamates (subject to hydrolysis) is 1. The first-order chi connectivity index (χ1) is 12.5. The molecule has 3 rings (SSSR count). The summed E-state index contributed by atoms with van der Waals surface area (Å²) in [7, 11) is 1.85. The normalized spacial score (nSPS) is 11.9. The molecule has 1 aromatic heterocycles. The van der Waals surface area contributed by atoms with Crippen molar-refractivity contribution >= 4 is 23.0 Å². The number of nitrogens with zero attached hydrogens (tertiary/aromatic N) is 1. The van der Waals surface area contributed by atoms with Crippen LogP contribution < -0.4 is 5.32 Å². The quantitative estimate of drug-likeness (QED) is 0.710. The number of nitrogens with one attached hydrogen (secondary N) is 1. The van der Waals surface area contributed by atoms with Crippen molar-refractivity contribution in [2.24, 2.45) is 7.05 Å². The van der Waals surface area contributed by atoms with Gasteiger partial charge in [-0.3, -0.25) is 4.79 Å². The predicted molar refractivity (Wildman–Crippen MR) is 97.7 cm³/mol. The van der Waals surface area contributed by atoms with Gasteiger partial charge in [-0.25, -0.2) is 4.79 Å². The highest BCUT2D eigenvalue weighted by atomic mass is 16.5. The molecule has 0 fully saturated rings. The number of aromatic nitrogens is 1. The Labute approximate surface area is 151 Å². The second-order valence-corrected chi connectivity index (χ2v) is 6.04. The fourth-order valence-corrected chi connectivity index (χ4v) is 2.96. The number of carbonyl (C=O) groups excluding carboxylic acids is 1. The topological polar surface area (TPSA) is 80.6 Å². The number of carboxylic acids is 1. The van der Waals surface area contributed by atoms with Gasteiger partial charge in [0.25, 0.3) is 0 Å². The predicted octanol–water partition coefficient (Wildman–Crippen LogP) is 3.62. The zero-order valence-electron chi connectivity index (χ0n) is 14.4. The summed E-state index contributed by atoms with van der Waals surface area (Å²) in [4.78, 5) is 23.4. The van der Waals surface area contributed by atoms with Crippen molar-refractivity contribution in [3.8, 4) is 0 Å². The van der Waals surface area contributed by atoms with Crippen LogP contribution in [0.2, 0.25) is 0 Å². The number of hydrogen-bond acceptors (Lipinski definition) is 3. The zero-order valence-corrected chi connectivity index (χ0v) is 14.4. The Morgan fingerprint density at radius 2 is 1.81 bits per heavy atom. The number of carbonyl (C=O) groups is 2. The summed E-state index contributed by atoms with van der Waals surface area (Å²) < 4.78 is 7.11. The lowest BCUT2D eigenvalue weighted by molar-refractivity contribution is -0.137. The molecule has 26 heavy (non-hydrogen) atoms. The first-order valence-electron chi connectivity index (χ1n) is 8.28. The summed E-state index contributed by atoms with van der Waals surface area (Å²) in [6.45, 7) is 0.127. The van der Waals surface area contributed by atoms with Crippen molar-refractivity contribution in [1.82, 2.24) is 9.88 Å². The van der Waals surface area contributed by atoms with Gasteiger partial charge in [0.1, 0.15) is 6.61 Å². The minimum atomic E-state index is -0.997. The van der Waals surface area contributed by atoms with E-state index in [2.05, 4.69) is 5.32 Å². The molecule has 0 aliphatic carbocycles. The van der Waals surface area contributed by atoms with Gasteiger partial charge in [0.05, 0.1) is 12.5 Å². The number of ether oxygens (including phenoxy) is 1. The number of benzene rings is 2. The van der Waals surface area contributed by atoms with E-state index in [9.17, 15) is 14.7 Å². The maximum absolute atomic E-state index is 12.2. The third-order valence-electron chi connectivity index (χ3n) is 4.23. The molecule has 0 saturated heterocycles. The molecule has 0 aliphatic heterocycles. The minimum Gasteiger partial charge on any atom is -0.481 e. The van der Waals surface area contributed by atoms with Crippen LogP contribution >= 0.6 is 0 Å². The van der Waals surface area contributed by atoms with Crippen LogP contribution in [0.15, 0.2) is 60.7 Å². The van der Waals surface area contributed by atoms with Crippen LogP contribution in [0.3, 0.4) is 0 Å². The van der Waals surface area contributed by atoms with Crippen molar-refractivity contribution in [3.63, 3.8) is 0 Å². The van der Waals surface area contributed by atoms with Gasteiger partial charge in [-0.05, 0) is 23.1 Å². The molecule has 6 heteroatoms. The van der Waals surface area contributed by atoms with E-state index >= 15 is 0 Å². The maximum atomic E-state index is 12.2. The summed E-state index contributed by atoms with van der Waals surface area (Å²) >= 11 is 0. The average molecular weight is 352 g/mol. The Bertz CT molecular complexity index is 918. The van der Waals surface area contributed by atoms with Crippen molar-refractivity contribution < 1.29 is 19.4 Å². The number of hydrogen-bond donors (Lipinski definition) is 2. The molecule has 2 N–H and O–H groups in total. The molecule has 6 nitrogen and oxygen atoms in total. The molecular formula is C20H20N2O4. The van der Waals surface area contributed by atoms with Gasteiger partial charge in [0.2, 0.25) is 0 Å². The van der Waals surface area contributed by atoms with Gasteiger partial charge in [0, 0.05) is 18.3 Å². The summed E-state index contributed by atoms with van der Waals surface area (Å²) in [6, 6.07) is 18.2. The van der Waals surface area contributed by atoms with Gasteiger partial charge in [-0.1, -0.05) is 48.5 Å². The van der Waals surface area contributed by atoms with E-state index in [4.69, 9.17) is 4.74 Å². The summed E-state index contributed by atoms with van der Waals surface area (Å²) in [6.07, 6.45) is -0.879. The molecule has 0 aliphatic rings. The average Bonchev–Trinajstić information content (AvgIpc) is 2.97.